The maximum Gasteiger partial charge on any atom is 0.136 e. The predicted octanol–water partition coefficient (Wildman–Crippen LogP) is 3.98. The highest BCUT2D eigenvalue weighted by molar-refractivity contribution is 7.98. The fourth-order valence-electron chi connectivity index (χ4n) is 1.52. The first-order valence-electron chi connectivity index (χ1n) is 5.47. The summed E-state index contributed by atoms with van der Waals surface area (Å²) >= 11 is 7.75. The van der Waals surface area contributed by atoms with Crippen LogP contribution in [0.15, 0.2) is 41.7 Å². The van der Waals surface area contributed by atoms with E-state index in [0.29, 0.717) is 5.15 Å². The second-order valence-corrected chi connectivity index (χ2v) is 4.90. The molecule has 1 aromatic carbocycles. The van der Waals surface area contributed by atoms with Gasteiger partial charge < -0.3 is 0 Å². The number of hydrogen-bond acceptors (Lipinski definition) is 3. The quantitative estimate of drug-likeness (QED) is 0.617. The first-order valence-corrected chi connectivity index (χ1v) is 6.83. The van der Waals surface area contributed by atoms with Crippen LogP contribution in [-0.4, -0.2) is 9.97 Å². The lowest BCUT2D eigenvalue weighted by molar-refractivity contribution is 0.944. The van der Waals surface area contributed by atoms with E-state index < -0.39 is 0 Å². The van der Waals surface area contributed by atoms with Crippen molar-refractivity contribution >= 4 is 23.4 Å². The second-order valence-electron chi connectivity index (χ2n) is 3.58. The van der Waals surface area contributed by atoms with Crippen LogP contribution in [0.4, 0.5) is 0 Å². The Bertz CT molecular complexity index is 488. The molecule has 0 N–H and O–H groups in total. The predicted molar refractivity (Wildman–Crippen MR) is 72.4 cm³/mol. The Kier molecular flexibility index (Phi) is 4.40. The molecule has 0 aliphatic heterocycles. The van der Waals surface area contributed by atoms with Gasteiger partial charge in [0.1, 0.15) is 16.5 Å². The van der Waals surface area contributed by atoms with Crippen molar-refractivity contribution < 1.29 is 0 Å². The van der Waals surface area contributed by atoms with E-state index in [-0.39, 0.29) is 0 Å². The smallest absolute Gasteiger partial charge is 0.136 e. The lowest BCUT2D eigenvalue weighted by Crippen LogP contribution is -1.94. The summed E-state index contributed by atoms with van der Waals surface area (Å²) in [5.41, 5.74) is 2.32. The van der Waals surface area contributed by atoms with Crippen LogP contribution >= 0.6 is 23.4 Å². The van der Waals surface area contributed by atoms with E-state index in [4.69, 9.17) is 11.6 Å². The molecule has 0 radical (unpaired) electrons. The van der Waals surface area contributed by atoms with Crippen LogP contribution in [0.5, 0.6) is 0 Å². The summed E-state index contributed by atoms with van der Waals surface area (Å²) in [5.74, 6) is 0.904. The number of thioether (sulfide) groups is 1. The van der Waals surface area contributed by atoms with Crippen molar-refractivity contribution in [3.63, 3.8) is 0 Å². The van der Waals surface area contributed by atoms with Gasteiger partial charge in [0.05, 0.1) is 0 Å². The van der Waals surface area contributed by atoms with Crippen molar-refractivity contribution in [2.24, 2.45) is 0 Å². The third kappa shape index (κ3) is 3.20. The minimum Gasteiger partial charge on any atom is -0.230 e. The normalized spacial score (nSPS) is 10.5. The van der Waals surface area contributed by atoms with Crippen LogP contribution in [0.3, 0.4) is 0 Å². The Morgan fingerprint density at radius 2 is 1.94 bits per heavy atom. The first kappa shape index (κ1) is 12.4. The van der Waals surface area contributed by atoms with Gasteiger partial charge in [0.25, 0.3) is 0 Å². The fraction of sp³-hybridized carbons (Fsp3) is 0.231. The minimum atomic E-state index is 0.568. The second kappa shape index (κ2) is 6.03. The molecule has 0 amide bonds. The number of rotatable bonds is 4. The van der Waals surface area contributed by atoms with Gasteiger partial charge in [0.2, 0.25) is 0 Å². The molecule has 0 fully saturated rings. The van der Waals surface area contributed by atoms with E-state index in [1.807, 2.05) is 18.2 Å². The molecular weight excluding hydrogens is 252 g/mol. The molecule has 0 unspecified atom stereocenters. The summed E-state index contributed by atoms with van der Waals surface area (Å²) in [6.45, 7) is 2.07. The van der Waals surface area contributed by atoms with Gasteiger partial charge in [-0.25, -0.2) is 9.97 Å². The molecule has 2 aromatic rings. The van der Waals surface area contributed by atoms with Crippen LogP contribution in [0.25, 0.3) is 0 Å². The van der Waals surface area contributed by atoms with E-state index in [0.717, 1.165) is 22.8 Å². The monoisotopic (exact) mass is 264 g/mol. The average Bonchev–Trinajstić information content (AvgIpc) is 2.37. The molecule has 0 saturated heterocycles. The van der Waals surface area contributed by atoms with Crippen molar-refractivity contribution in [1.82, 2.24) is 9.97 Å². The van der Waals surface area contributed by atoms with Gasteiger partial charge >= 0.3 is 0 Å². The largest absolute Gasteiger partial charge is 0.230 e. The molecule has 17 heavy (non-hydrogen) atoms. The van der Waals surface area contributed by atoms with Crippen LogP contribution in [-0.2, 0) is 12.2 Å². The molecule has 0 aliphatic carbocycles. The summed E-state index contributed by atoms with van der Waals surface area (Å²) in [6.07, 6.45) is 2.38. The van der Waals surface area contributed by atoms with Crippen LogP contribution in [0.2, 0.25) is 5.15 Å². The standard InChI is InChI=1S/C13H13ClN2S/c1-2-11-12(14)15-9-16-13(11)17-8-10-6-4-3-5-7-10/h3-7,9H,2,8H2,1H3. The van der Waals surface area contributed by atoms with Crippen LogP contribution in [0.1, 0.15) is 18.1 Å². The molecule has 0 aliphatic rings. The third-order valence-corrected chi connectivity index (χ3v) is 3.85. The maximum atomic E-state index is 6.05. The number of aromatic nitrogens is 2. The zero-order valence-corrected chi connectivity index (χ0v) is 11.1. The molecule has 1 aromatic heterocycles. The molecule has 0 bridgehead atoms. The summed E-state index contributed by atoms with van der Waals surface area (Å²) in [5, 5.41) is 1.55. The van der Waals surface area contributed by atoms with Crippen LogP contribution < -0.4 is 0 Å². The van der Waals surface area contributed by atoms with Crippen molar-refractivity contribution in [2.75, 3.05) is 0 Å². The highest BCUT2D eigenvalue weighted by Gasteiger charge is 2.08. The van der Waals surface area contributed by atoms with Crippen molar-refractivity contribution in [3.05, 3.63) is 52.9 Å². The minimum absolute atomic E-state index is 0.568. The highest BCUT2D eigenvalue weighted by atomic mass is 35.5. The highest BCUT2D eigenvalue weighted by Crippen LogP contribution is 2.27. The third-order valence-electron chi connectivity index (χ3n) is 2.43. The Balaban J connectivity index is 2.12. The topological polar surface area (TPSA) is 25.8 Å². The molecule has 0 saturated carbocycles. The molecule has 4 heteroatoms. The summed E-state index contributed by atoms with van der Waals surface area (Å²) in [4.78, 5) is 8.30. The SMILES string of the molecule is CCc1c(Cl)ncnc1SCc1ccccc1. The molecule has 88 valence electrons. The van der Waals surface area contributed by atoms with E-state index in [2.05, 4.69) is 29.0 Å². The van der Waals surface area contributed by atoms with E-state index in [9.17, 15) is 0 Å². The van der Waals surface area contributed by atoms with E-state index >= 15 is 0 Å². The summed E-state index contributed by atoms with van der Waals surface area (Å²) in [7, 11) is 0. The molecule has 0 spiro atoms. The average molecular weight is 265 g/mol. The molecule has 0 atom stereocenters. The van der Waals surface area contributed by atoms with Crippen molar-refractivity contribution in [3.8, 4) is 0 Å². The van der Waals surface area contributed by atoms with Crippen molar-refractivity contribution in [2.45, 2.75) is 24.1 Å². The van der Waals surface area contributed by atoms with Crippen LogP contribution in [0, 0.1) is 0 Å². The Labute approximate surface area is 110 Å². The molecule has 2 rings (SSSR count). The Hall–Kier alpha value is -1.06. The van der Waals surface area contributed by atoms with Gasteiger partial charge in [0, 0.05) is 11.3 Å². The lowest BCUT2D eigenvalue weighted by atomic mass is 10.2. The Morgan fingerprint density at radius 1 is 1.18 bits per heavy atom. The maximum absolute atomic E-state index is 6.05. The van der Waals surface area contributed by atoms with Gasteiger partial charge in [-0.2, -0.15) is 0 Å². The zero-order valence-electron chi connectivity index (χ0n) is 9.56. The van der Waals surface area contributed by atoms with Gasteiger partial charge in [-0.3, -0.25) is 0 Å². The summed E-state index contributed by atoms with van der Waals surface area (Å²) in [6, 6.07) is 10.3. The zero-order chi connectivity index (χ0) is 12.1. The van der Waals surface area contributed by atoms with E-state index in [1.165, 1.54) is 11.9 Å². The number of halogens is 1. The molecule has 1 heterocycles. The van der Waals surface area contributed by atoms with Gasteiger partial charge in [-0.15, -0.1) is 11.8 Å². The molecule has 2 nitrogen and oxygen atoms in total. The first-order chi connectivity index (χ1) is 8.31. The fourth-order valence-corrected chi connectivity index (χ4v) is 2.88. The molecular formula is C13H13ClN2S. The van der Waals surface area contributed by atoms with Gasteiger partial charge in [0.15, 0.2) is 0 Å². The summed E-state index contributed by atoms with van der Waals surface area (Å²) < 4.78 is 0. The van der Waals surface area contributed by atoms with Crippen molar-refractivity contribution in [1.29, 1.82) is 0 Å². The van der Waals surface area contributed by atoms with Gasteiger partial charge in [-0.1, -0.05) is 48.9 Å². The number of hydrogen-bond donors (Lipinski definition) is 0. The van der Waals surface area contributed by atoms with Gasteiger partial charge in [-0.05, 0) is 12.0 Å². The van der Waals surface area contributed by atoms with E-state index in [1.54, 1.807) is 11.8 Å². The Morgan fingerprint density at radius 3 is 2.65 bits per heavy atom. The number of nitrogens with zero attached hydrogens (tertiary/aromatic N) is 2. The number of benzene rings is 1. The lowest BCUT2D eigenvalue weighted by Gasteiger charge is -2.07.